The van der Waals surface area contributed by atoms with Crippen molar-refractivity contribution in [3.05, 3.63) is 85.3 Å². The summed E-state index contributed by atoms with van der Waals surface area (Å²) in [6, 6.07) is 24.1. The van der Waals surface area contributed by atoms with Crippen molar-refractivity contribution < 1.29 is 23.1 Å². The molecule has 0 saturated heterocycles. The van der Waals surface area contributed by atoms with Crippen molar-refractivity contribution in [2.24, 2.45) is 0 Å². The molecule has 0 aliphatic carbocycles. The minimum Gasteiger partial charge on any atom is -0.496 e. The Hall–Kier alpha value is -5.31. The number of hydrogen-bond acceptors (Lipinski definition) is 8. The molecule has 39 heavy (non-hydrogen) atoms. The Morgan fingerprint density at radius 1 is 0.744 bits per heavy atom. The number of anilines is 2. The number of carbonyl (C=O) groups is 1. The Morgan fingerprint density at radius 3 is 1.74 bits per heavy atom. The van der Waals surface area contributed by atoms with Crippen LogP contribution < -0.4 is 20.5 Å². The van der Waals surface area contributed by atoms with E-state index in [1.807, 2.05) is 72.8 Å². The van der Waals surface area contributed by atoms with Gasteiger partial charge in [0.05, 0.1) is 25.3 Å². The average molecular weight is 523 g/mol. The summed E-state index contributed by atoms with van der Waals surface area (Å²) in [6.07, 6.45) is 3.05. The van der Waals surface area contributed by atoms with Crippen LogP contribution in [0.1, 0.15) is 6.92 Å². The minimum atomic E-state index is -0.228. The van der Waals surface area contributed by atoms with E-state index in [9.17, 15) is 4.79 Å². The van der Waals surface area contributed by atoms with E-state index in [1.165, 1.54) is 13.2 Å². The van der Waals surface area contributed by atoms with Crippen LogP contribution >= 0.6 is 0 Å². The van der Waals surface area contributed by atoms with E-state index in [4.69, 9.17) is 24.0 Å². The number of ether oxygens (including phenoxy) is 2. The minimum absolute atomic E-state index is 0.153. The number of nitrogens with one attached hydrogen (secondary N) is 1. The molecule has 6 aromatic rings. The quantitative estimate of drug-likeness (QED) is 0.261. The Kier molecular flexibility index (Phi) is 7.13. The third-order valence-electron chi connectivity index (χ3n) is 6.04. The highest BCUT2D eigenvalue weighted by molar-refractivity contribution is 6.00. The number of benzene rings is 4. The average Bonchev–Trinajstić information content (AvgIpc) is 3.60. The van der Waals surface area contributed by atoms with Gasteiger partial charge in [0.25, 0.3) is 6.01 Å². The predicted octanol–water partition coefficient (Wildman–Crippen LogP) is 6.55. The van der Waals surface area contributed by atoms with Crippen LogP contribution in [-0.2, 0) is 4.79 Å². The van der Waals surface area contributed by atoms with Crippen molar-refractivity contribution in [2.45, 2.75) is 6.92 Å². The topological polar surface area (TPSA) is 126 Å². The molecule has 4 aromatic carbocycles. The second-order valence-corrected chi connectivity index (χ2v) is 8.52. The molecule has 1 amide bonds. The molecule has 196 valence electrons. The number of carbonyl (C=O) groups excluding carboxylic acids is 1. The standard InChI is InChI=1S/C16H14N2O3.C14H12N2O2/c1-10(19)17-16-18-13(9-21-16)15-12-6-4-3-5-11(12)7-8-14(15)20-2;1-17-12-7-6-9-4-2-3-5-10(9)13(12)11-8-18-14(15)16-11/h3-9H,1-2H3,(H,17,18,19);2-8H,1H3,(H2,15,16). The number of nitrogen functional groups attached to an aromatic ring is 1. The van der Waals surface area contributed by atoms with Crippen LogP contribution in [0, 0.1) is 0 Å². The third-order valence-corrected chi connectivity index (χ3v) is 6.04. The second-order valence-electron chi connectivity index (χ2n) is 8.52. The van der Waals surface area contributed by atoms with Crippen LogP contribution in [0.2, 0.25) is 0 Å². The van der Waals surface area contributed by atoms with Crippen LogP contribution in [0.25, 0.3) is 44.1 Å². The number of oxazole rings is 2. The van der Waals surface area contributed by atoms with Crippen molar-refractivity contribution in [1.29, 1.82) is 0 Å². The first-order chi connectivity index (χ1) is 19.0. The monoisotopic (exact) mass is 522 g/mol. The van der Waals surface area contributed by atoms with E-state index in [2.05, 4.69) is 15.3 Å². The summed E-state index contributed by atoms with van der Waals surface area (Å²) in [7, 11) is 3.25. The van der Waals surface area contributed by atoms with Gasteiger partial charge in [-0.3, -0.25) is 10.1 Å². The van der Waals surface area contributed by atoms with E-state index >= 15 is 0 Å². The lowest BCUT2D eigenvalue weighted by atomic mass is 10.0. The van der Waals surface area contributed by atoms with Gasteiger partial charge in [-0.05, 0) is 33.7 Å². The van der Waals surface area contributed by atoms with Crippen LogP contribution in [0.4, 0.5) is 12.0 Å². The zero-order chi connectivity index (χ0) is 27.4. The number of fused-ring (bicyclic) bond motifs is 2. The number of rotatable bonds is 5. The van der Waals surface area contributed by atoms with Crippen LogP contribution in [0.15, 0.2) is 94.2 Å². The summed E-state index contributed by atoms with van der Waals surface area (Å²) in [5, 5.41) is 6.80. The second kappa shape index (κ2) is 11.0. The maximum Gasteiger partial charge on any atom is 0.301 e. The molecule has 0 atom stereocenters. The molecule has 0 aliphatic rings. The molecular weight excluding hydrogens is 496 g/mol. The van der Waals surface area contributed by atoms with Gasteiger partial charge in [-0.15, -0.1) is 0 Å². The number of nitrogens with two attached hydrogens (primary N) is 1. The molecule has 0 unspecified atom stereocenters. The molecule has 9 heteroatoms. The summed E-state index contributed by atoms with van der Waals surface area (Å²) in [5.74, 6) is 1.23. The van der Waals surface area contributed by atoms with Crippen molar-refractivity contribution in [2.75, 3.05) is 25.3 Å². The molecule has 9 nitrogen and oxygen atoms in total. The molecule has 3 N–H and O–H groups in total. The van der Waals surface area contributed by atoms with Crippen molar-refractivity contribution >= 4 is 39.5 Å². The Labute approximate surface area is 224 Å². The predicted molar refractivity (Wildman–Crippen MR) is 151 cm³/mol. The lowest BCUT2D eigenvalue weighted by Crippen LogP contribution is -2.05. The Morgan fingerprint density at radius 2 is 1.26 bits per heavy atom. The van der Waals surface area contributed by atoms with Gasteiger partial charge in [0.2, 0.25) is 5.91 Å². The fourth-order valence-corrected chi connectivity index (χ4v) is 4.37. The molecule has 2 heterocycles. The molecule has 0 spiro atoms. The normalized spacial score (nSPS) is 10.6. The SMILES string of the molecule is COc1ccc2ccccc2c1-c1coc(N)n1.COc1ccc2ccccc2c1-c1coc(NC(C)=O)n1. The van der Waals surface area contributed by atoms with Gasteiger partial charge in [0.1, 0.15) is 35.4 Å². The van der Waals surface area contributed by atoms with Crippen molar-refractivity contribution in [3.8, 4) is 34.0 Å². The highest BCUT2D eigenvalue weighted by Crippen LogP contribution is 2.38. The first kappa shape index (κ1) is 25.3. The van der Waals surface area contributed by atoms with E-state index in [0.29, 0.717) is 17.1 Å². The first-order valence-electron chi connectivity index (χ1n) is 12.0. The molecule has 0 radical (unpaired) electrons. The van der Waals surface area contributed by atoms with Gasteiger partial charge in [-0.25, -0.2) is 0 Å². The highest BCUT2D eigenvalue weighted by Gasteiger charge is 2.16. The van der Waals surface area contributed by atoms with E-state index in [1.54, 1.807) is 20.5 Å². The fourth-order valence-electron chi connectivity index (χ4n) is 4.37. The lowest BCUT2D eigenvalue weighted by molar-refractivity contribution is -0.114. The number of aromatic nitrogens is 2. The van der Waals surface area contributed by atoms with Crippen LogP contribution in [0.3, 0.4) is 0 Å². The number of hydrogen-bond donors (Lipinski definition) is 2. The number of methoxy groups -OCH3 is 2. The summed E-state index contributed by atoms with van der Waals surface area (Å²) in [4.78, 5) is 19.5. The van der Waals surface area contributed by atoms with Gasteiger partial charge in [0.15, 0.2) is 0 Å². The fraction of sp³-hybridized carbons (Fsp3) is 0.100. The first-order valence-corrected chi connectivity index (χ1v) is 12.0. The molecule has 2 aromatic heterocycles. The number of nitrogens with zero attached hydrogens (tertiary/aromatic N) is 2. The van der Waals surface area contributed by atoms with Gasteiger partial charge in [-0.2, -0.15) is 9.97 Å². The van der Waals surface area contributed by atoms with Gasteiger partial charge in [0, 0.05) is 6.92 Å². The largest absolute Gasteiger partial charge is 0.496 e. The van der Waals surface area contributed by atoms with Crippen molar-refractivity contribution in [1.82, 2.24) is 9.97 Å². The van der Waals surface area contributed by atoms with Crippen LogP contribution in [0.5, 0.6) is 11.5 Å². The summed E-state index contributed by atoms with van der Waals surface area (Å²) in [6.45, 7) is 1.41. The van der Waals surface area contributed by atoms with Crippen LogP contribution in [-0.4, -0.2) is 30.1 Å². The molecule has 0 bridgehead atoms. The van der Waals surface area contributed by atoms with E-state index < -0.39 is 0 Å². The molecule has 6 rings (SSSR count). The van der Waals surface area contributed by atoms with Crippen molar-refractivity contribution in [3.63, 3.8) is 0 Å². The lowest BCUT2D eigenvalue weighted by Gasteiger charge is -2.09. The summed E-state index contributed by atoms with van der Waals surface area (Å²) >= 11 is 0. The van der Waals surface area contributed by atoms with E-state index in [0.717, 1.165) is 38.4 Å². The van der Waals surface area contributed by atoms with E-state index in [-0.39, 0.29) is 17.9 Å². The van der Waals surface area contributed by atoms with Gasteiger partial charge >= 0.3 is 6.01 Å². The number of amides is 1. The highest BCUT2D eigenvalue weighted by atomic mass is 16.5. The summed E-state index contributed by atoms with van der Waals surface area (Å²) < 4.78 is 21.2. The molecular formula is C30H26N4O5. The zero-order valence-corrected chi connectivity index (χ0v) is 21.6. The van der Waals surface area contributed by atoms with Gasteiger partial charge < -0.3 is 24.0 Å². The molecule has 0 aliphatic heterocycles. The molecule has 0 saturated carbocycles. The van der Waals surface area contributed by atoms with Gasteiger partial charge in [-0.1, -0.05) is 60.7 Å². The Bertz CT molecular complexity index is 1770. The maximum atomic E-state index is 11.1. The summed E-state index contributed by atoms with van der Waals surface area (Å²) in [5.41, 5.74) is 8.58. The smallest absolute Gasteiger partial charge is 0.301 e. The maximum absolute atomic E-state index is 11.1. The zero-order valence-electron chi connectivity index (χ0n) is 21.6. The molecule has 0 fully saturated rings. The third kappa shape index (κ3) is 5.24. The Balaban J connectivity index is 0.000000160.